The molecule has 1 saturated carbocycles. The van der Waals surface area contributed by atoms with Crippen molar-refractivity contribution in [1.29, 1.82) is 5.26 Å². The molecule has 0 amide bonds. The molecular formula is C15H19FN2O. The number of rotatable bonds is 4. The average molecular weight is 262 g/mol. The lowest BCUT2D eigenvalue weighted by molar-refractivity contribution is -0.0979. The molecule has 2 rings (SSSR count). The minimum atomic E-state index is -0.463. The van der Waals surface area contributed by atoms with Crippen LogP contribution in [0.15, 0.2) is 18.2 Å². The highest BCUT2D eigenvalue weighted by Gasteiger charge is 2.48. The largest absolute Gasteiger partial charge is 0.381 e. The van der Waals surface area contributed by atoms with E-state index in [1.54, 1.807) is 19.2 Å². The fraction of sp³-hybridized carbons (Fsp3) is 0.533. The monoisotopic (exact) mass is 262 g/mol. The lowest BCUT2D eigenvalue weighted by Crippen LogP contribution is -2.60. The van der Waals surface area contributed by atoms with E-state index < -0.39 is 5.82 Å². The normalized spacial score (nSPS) is 24.6. The zero-order valence-corrected chi connectivity index (χ0v) is 11.5. The van der Waals surface area contributed by atoms with E-state index in [0.29, 0.717) is 12.6 Å². The summed E-state index contributed by atoms with van der Waals surface area (Å²) in [6.07, 6.45) is 1.27. The van der Waals surface area contributed by atoms with Crippen molar-refractivity contribution in [1.82, 2.24) is 5.32 Å². The fourth-order valence-corrected chi connectivity index (χ4v) is 2.64. The maximum absolute atomic E-state index is 13.2. The first-order valence-electron chi connectivity index (χ1n) is 6.43. The minimum absolute atomic E-state index is 0.0990. The first-order chi connectivity index (χ1) is 8.98. The summed E-state index contributed by atoms with van der Waals surface area (Å²) < 4.78 is 18.6. The molecular weight excluding hydrogens is 243 g/mol. The van der Waals surface area contributed by atoms with Gasteiger partial charge < -0.3 is 10.1 Å². The van der Waals surface area contributed by atoms with Crippen molar-refractivity contribution < 1.29 is 9.13 Å². The number of methoxy groups -OCH3 is 1. The Morgan fingerprint density at radius 2 is 2.26 bits per heavy atom. The summed E-state index contributed by atoms with van der Waals surface area (Å²) in [6.45, 7) is 4.99. The van der Waals surface area contributed by atoms with Crippen LogP contribution >= 0.6 is 0 Å². The Hall–Kier alpha value is -1.44. The number of ether oxygens (including phenoxy) is 1. The Kier molecular flexibility index (Phi) is 3.88. The van der Waals surface area contributed by atoms with Crippen LogP contribution < -0.4 is 5.32 Å². The van der Waals surface area contributed by atoms with Gasteiger partial charge in [-0.3, -0.25) is 0 Å². The summed E-state index contributed by atoms with van der Waals surface area (Å²) in [6, 6.07) is 6.90. The van der Waals surface area contributed by atoms with Gasteiger partial charge in [0.05, 0.1) is 11.7 Å². The van der Waals surface area contributed by atoms with Gasteiger partial charge in [0.25, 0.3) is 0 Å². The van der Waals surface area contributed by atoms with Crippen LogP contribution in [0.2, 0.25) is 0 Å². The molecule has 0 heterocycles. The van der Waals surface area contributed by atoms with Gasteiger partial charge in [0.1, 0.15) is 11.9 Å². The molecule has 1 N–H and O–H groups in total. The standard InChI is InChI=1S/C15H19FN2O/c1-15(2)13(7-14(15)19-3)18-9-10-4-5-12(16)11(6-10)8-17/h4-6,13-14,18H,7,9H2,1-3H3. The maximum Gasteiger partial charge on any atom is 0.140 e. The molecule has 1 aromatic carbocycles. The summed E-state index contributed by atoms with van der Waals surface area (Å²) in [5.41, 5.74) is 1.13. The van der Waals surface area contributed by atoms with Crippen LogP contribution in [-0.2, 0) is 11.3 Å². The number of nitrogens with one attached hydrogen (secondary N) is 1. The van der Waals surface area contributed by atoms with E-state index in [1.807, 2.05) is 6.07 Å². The zero-order chi connectivity index (χ0) is 14.0. The molecule has 0 bridgehead atoms. The maximum atomic E-state index is 13.2. The van der Waals surface area contributed by atoms with Crippen molar-refractivity contribution in [3.05, 3.63) is 35.1 Å². The van der Waals surface area contributed by atoms with Crippen molar-refractivity contribution in [3.63, 3.8) is 0 Å². The highest BCUT2D eigenvalue weighted by atomic mass is 19.1. The van der Waals surface area contributed by atoms with Crippen molar-refractivity contribution >= 4 is 0 Å². The van der Waals surface area contributed by atoms with E-state index in [2.05, 4.69) is 19.2 Å². The van der Waals surface area contributed by atoms with Gasteiger partial charge in [0.15, 0.2) is 0 Å². The summed E-state index contributed by atoms with van der Waals surface area (Å²) in [4.78, 5) is 0. The third-order valence-electron chi connectivity index (χ3n) is 4.17. The molecule has 0 aromatic heterocycles. The van der Waals surface area contributed by atoms with Crippen LogP contribution in [-0.4, -0.2) is 19.3 Å². The summed E-state index contributed by atoms with van der Waals surface area (Å²) in [7, 11) is 1.74. The first kappa shape index (κ1) is 14.0. The molecule has 3 nitrogen and oxygen atoms in total. The van der Waals surface area contributed by atoms with Gasteiger partial charge >= 0.3 is 0 Å². The van der Waals surface area contributed by atoms with Crippen molar-refractivity contribution in [2.75, 3.05) is 7.11 Å². The van der Waals surface area contributed by atoms with Gasteiger partial charge in [-0.05, 0) is 24.1 Å². The predicted octanol–water partition coefficient (Wildman–Crippen LogP) is 2.60. The molecule has 2 unspecified atom stereocenters. The van der Waals surface area contributed by atoms with Crippen LogP contribution in [0.3, 0.4) is 0 Å². The van der Waals surface area contributed by atoms with Gasteiger partial charge in [0, 0.05) is 25.1 Å². The second-order valence-corrected chi connectivity index (χ2v) is 5.64. The Bertz CT molecular complexity index is 507. The summed E-state index contributed by atoms with van der Waals surface area (Å²) in [5, 5.41) is 12.2. The number of hydrogen-bond acceptors (Lipinski definition) is 3. The Morgan fingerprint density at radius 3 is 2.84 bits per heavy atom. The molecule has 1 fully saturated rings. The number of nitriles is 1. The molecule has 2 atom stereocenters. The number of nitrogens with zero attached hydrogens (tertiary/aromatic N) is 1. The molecule has 0 saturated heterocycles. The number of benzene rings is 1. The SMILES string of the molecule is COC1CC(NCc2ccc(F)c(C#N)c2)C1(C)C. The number of halogens is 1. The van der Waals surface area contributed by atoms with Crippen molar-refractivity contribution in [3.8, 4) is 6.07 Å². The van der Waals surface area contributed by atoms with Crippen LogP contribution in [0.1, 0.15) is 31.4 Å². The molecule has 1 aliphatic rings. The second-order valence-electron chi connectivity index (χ2n) is 5.64. The molecule has 1 aromatic rings. The second kappa shape index (κ2) is 5.28. The molecule has 19 heavy (non-hydrogen) atoms. The third-order valence-corrected chi connectivity index (χ3v) is 4.17. The minimum Gasteiger partial charge on any atom is -0.381 e. The average Bonchev–Trinajstić information content (AvgIpc) is 2.39. The van der Waals surface area contributed by atoms with Crippen LogP contribution in [0.4, 0.5) is 4.39 Å². The third kappa shape index (κ3) is 2.63. The first-order valence-corrected chi connectivity index (χ1v) is 6.43. The Morgan fingerprint density at radius 1 is 1.53 bits per heavy atom. The van der Waals surface area contributed by atoms with E-state index >= 15 is 0 Å². The highest BCUT2D eigenvalue weighted by Crippen LogP contribution is 2.42. The molecule has 4 heteroatoms. The topological polar surface area (TPSA) is 45.0 Å². The zero-order valence-electron chi connectivity index (χ0n) is 11.5. The fourth-order valence-electron chi connectivity index (χ4n) is 2.64. The van der Waals surface area contributed by atoms with Gasteiger partial charge in [-0.2, -0.15) is 5.26 Å². The van der Waals surface area contributed by atoms with Crippen molar-refractivity contribution in [2.45, 2.75) is 39.0 Å². The Labute approximate surface area is 113 Å². The van der Waals surface area contributed by atoms with Gasteiger partial charge in [-0.15, -0.1) is 0 Å². The summed E-state index contributed by atoms with van der Waals surface area (Å²) >= 11 is 0. The van der Waals surface area contributed by atoms with Crippen LogP contribution in [0.5, 0.6) is 0 Å². The van der Waals surface area contributed by atoms with Crippen LogP contribution in [0.25, 0.3) is 0 Å². The van der Waals surface area contributed by atoms with Gasteiger partial charge in [-0.1, -0.05) is 19.9 Å². The predicted molar refractivity (Wildman–Crippen MR) is 70.9 cm³/mol. The molecule has 0 radical (unpaired) electrons. The lowest BCUT2D eigenvalue weighted by Gasteiger charge is -2.51. The lowest BCUT2D eigenvalue weighted by atomic mass is 9.64. The van der Waals surface area contributed by atoms with E-state index in [0.717, 1.165) is 12.0 Å². The molecule has 0 aliphatic heterocycles. The van der Waals surface area contributed by atoms with E-state index in [1.165, 1.54) is 6.07 Å². The number of hydrogen-bond donors (Lipinski definition) is 1. The molecule has 102 valence electrons. The smallest absolute Gasteiger partial charge is 0.140 e. The van der Waals surface area contributed by atoms with Crippen molar-refractivity contribution in [2.24, 2.45) is 5.41 Å². The molecule has 1 aliphatic carbocycles. The molecule has 0 spiro atoms. The van der Waals surface area contributed by atoms with Gasteiger partial charge in [0.2, 0.25) is 0 Å². The van der Waals surface area contributed by atoms with E-state index in [9.17, 15) is 4.39 Å². The van der Waals surface area contributed by atoms with E-state index in [4.69, 9.17) is 10.00 Å². The van der Waals surface area contributed by atoms with Crippen LogP contribution in [0, 0.1) is 22.6 Å². The quantitative estimate of drug-likeness (QED) is 0.907. The highest BCUT2D eigenvalue weighted by molar-refractivity contribution is 5.34. The van der Waals surface area contributed by atoms with E-state index in [-0.39, 0.29) is 17.1 Å². The summed E-state index contributed by atoms with van der Waals surface area (Å²) in [5.74, 6) is -0.463. The van der Waals surface area contributed by atoms with Gasteiger partial charge in [-0.25, -0.2) is 4.39 Å². The Balaban J connectivity index is 1.96.